The molecular formula is C25H22ClN3O. The zero-order valence-corrected chi connectivity index (χ0v) is 17.7. The van der Waals surface area contributed by atoms with Crippen LogP contribution in [-0.2, 0) is 6.54 Å². The third-order valence-electron chi connectivity index (χ3n) is 5.36. The molecule has 0 amide bonds. The molecule has 0 aliphatic rings. The second kappa shape index (κ2) is 8.17. The SMILES string of the molecule is CC[n+]1c(C)n(-c2ccccc2)c2ccc(-c3ncc(-c4ccccc4)o3)cc21.[Cl-]. The van der Waals surface area contributed by atoms with Crippen molar-refractivity contribution in [2.75, 3.05) is 0 Å². The van der Waals surface area contributed by atoms with Crippen LogP contribution in [0, 0.1) is 6.92 Å². The number of halogens is 1. The van der Waals surface area contributed by atoms with Gasteiger partial charge in [-0.2, -0.15) is 4.57 Å². The minimum atomic E-state index is 0. The van der Waals surface area contributed by atoms with Gasteiger partial charge in [0.25, 0.3) is 5.82 Å². The second-order valence-electron chi connectivity index (χ2n) is 7.06. The summed E-state index contributed by atoms with van der Waals surface area (Å²) >= 11 is 0. The summed E-state index contributed by atoms with van der Waals surface area (Å²) in [6, 6.07) is 26.9. The van der Waals surface area contributed by atoms with Crippen molar-refractivity contribution in [3.63, 3.8) is 0 Å². The normalized spacial score (nSPS) is 10.9. The number of oxazole rings is 1. The highest BCUT2D eigenvalue weighted by atomic mass is 35.5. The Morgan fingerprint density at radius 1 is 0.900 bits per heavy atom. The minimum Gasteiger partial charge on any atom is -1.00 e. The Balaban J connectivity index is 0.00000218. The molecule has 0 aliphatic carbocycles. The molecule has 0 saturated heterocycles. The molecule has 0 saturated carbocycles. The van der Waals surface area contributed by atoms with Crippen LogP contribution in [0.3, 0.4) is 0 Å². The van der Waals surface area contributed by atoms with Crippen molar-refractivity contribution in [3.8, 4) is 28.5 Å². The van der Waals surface area contributed by atoms with Gasteiger partial charge in [0.2, 0.25) is 5.89 Å². The third-order valence-corrected chi connectivity index (χ3v) is 5.36. The van der Waals surface area contributed by atoms with E-state index in [9.17, 15) is 0 Å². The highest BCUT2D eigenvalue weighted by molar-refractivity contribution is 5.80. The van der Waals surface area contributed by atoms with Crippen LogP contribution in [0.2, 0.25) is 0 Å². The summed E-state index contributed by atoms with van der Waals surface area (Å²) in [6.45, 7) is 5.23. The van der Waals surface area contributed by atoms with E-state index < -0.39 is 0 Å². The van der Waals surface area contributed by atoms with Crippen LogP contribution >= 0.6 is 0 Å². The Morgan fingerprint density at radius 2 is 1.60 bits per heavy atom. The molecule has 5 rings (SSSR count). The Hall–Kier alpha value is -3.37. The van der Waals surface area contributed by atoms with Crippen LogP contribution in [-0.4, -0.2) is 9.55 Å². The molecule has 2 heterocycles. The lowest BCUT2D eigenvalue weighted by Crippen LogP contribution is -3.00. The average molecular weight is 416 g/mol. The molecular weight excluding hydrogens is 394 g/mol. The first-order valence-electron chi connectivity index (χ1n) is 9.88. The van der Waals surface area contributed by atoms with E-state index in [1.54, 1.807) is 6.20 Å². The number of hydrogen-bond donors (Lipinski definition) is 0. The summed E-state index contributed by atoms with van der Waals surface area (Å²) in [7, 11) is 0. The zero-order valence-electron chi connectivity index (χ0n) is 16.9. The molecule has 0 radical (unpaired) electrons. The van der Waals surface area contributed by atoms with Gasteiger partial charge in [0.05, 0.1) is 12.7 Å². The number of fused-ring (bicyclic) bond motifs is 1. The van der Waals surface area contributed by atoms with E-state index >= 15 is 0 Å². The largest absolute Gasteiger partial charge is 1.00 e. The van der Waals surface area contributed by atoms with E-state index in [2.05, 4.69) is 70.4 Å². The van der Waals surface area contributed by atoms with Gasteiger partial charge in [-0.25, -0.2) is 9.55 Å². The summed E-state index contributed by atoms with van der Waals surface area (Å²) in [5.41, 5.74) is 5.52. The molecule has 0 spiro atoms. The van der Waals surface area contributed by atoms with Gasteiger partial charge in [-0.05, 0) is 31.2 Å². The van der Waals surface area contributed by atoms with Crippen molar-refractivity contribution < 1.29 is 21.4 Å². The fourth-order valence-electron chi connectivity index (χ4n) is 3.98. The molecule has 3 aromatic carbocycles. The van der Waals surface area contributed by atoms with Crippen molar-refractivity contribution in [1.29, 1.82) is 0 Å². The topological polar surface area (TPSA) is 34.8 Å². The van der Waals surface area contributed by atoms with Crippen LogP contribution in [0.25, 0.3) is 39.5 Å². The van der Waals surface area contributed by atoms with Crippen LogP contribution < -0.4 is 17.0 Å². The average Bonchev–Trinajstić information content (AvgIpc) is 3.37. The standard InChI is InChI=1S/C25H22N3O.ClH/c1-3-27-18(2)28(21-12-8-5-9-13-21)22-15-14-20(16-23(22)27)25-26-17-24(29-25)19-10-6-4-7-11-19;/h4-17H,3H2,1-2H3;1H/q+1;/p-1. The molecule has 30 heavy (non-hydrogen) atoms. The Bertz CT molecular complexity index is 1290. The van der Waals surface area contributed by atoms with Crippen LogP contribution in [0.15, 0.2) is 89.5 Å². The van der Waals surface area contributed by atoms with E-state index in [1.165, 1.54) is 16.9 Å². The first-order chi connectivity index (χ1) is 14.3. The van der Waals surface area contributed by atoms with E-state index in [1.807, 2.05) is 36.4 Å². The Morgan fingerprint density at radius 3 is 2.30 bits per heavy atom. The predicted octanol–water partition coefficient (Wildman–Crippen LogP) is 2.57. The second-order valence-corrected chi connectivity index (χ2v) is 7.06. The summed E-state index contributed by atoms with van der Waals surface area (Å²) in [4.78, 5) is 4.53. The molecule has 0 aliphatic heterocycles. The highest BCUT2D eigenvalue weighted by Gasteiger charge is 2.23. The number of benzene rings is 3. The number of hydrogen-bond acceptors (Lipinski definition) is 2. The molecule has 150 valence electrons. The summed E-state index contributed by atoms with van der Waals surface area (Å²) in [6.07, 6.45) is 1.79. The van der Waals surface area contributed by atoms with Crippen LogP contribution in [0.5, 0.6) is 0 Å². The van der Waals surface area contributed by atoms with Gasteiger partial charge >= 0.3 is 0 Å². The molecule has 5 heteroatoms. The highest BCUT2D eigenvalue weighted by Crippen LogP contribution is 2.29. The molecule has 0 N–H and O–H groups in total. The van der Waals surface area contributed by atoms with Gasteiger partial charge < -0.3 is 16.8 Å². The summed E-state index contributed by atoms with van der Waals surface area (Å²) in [5.74, 6) is 2.61. The first-order valence-corrected chi connectivity index (χ1v) is 9.88. The van der Waals surface area contributed by atoms with Crippen molar-refractivity contribution in [2.24, 2.45) is 0 Å². The fourth-order valence-corrected chi connectivity index (χ4v) is 3.98. The number of aryl methyl sites for hydroxylation is 1. The minimum absolute atomic E-state index is 0. The van der Waals surface area contributed by atoms with Crippen molar-refractivity contribution in [2.45, 2.75) is 20.4 Å². The van der Waals surface area contributed by atoms with E-state index in [0.717, 1.165) is 29.1 Å². The molecule has 0 atom stereocenters. The molecule has 0 fully saturated rings. The number of imidazole rings is 1. The maximum atomic E-state index is 6.07. The van der Waals surface area contributed by atoms with E-state index in [0.29, 0.717) is 5.89 Å². The molecule has 0 unspecified atom stereocenters. The van der Waals surface area contributed by atoms with Crippen LogP contribution in [0.1, 0.15) is 12.7 Å². The van der Waals surface area contributed by atoms with Gasteiger partial charge in [0, 0.05) is 24.1 Å². The summed E-state index contributed by atoms with van der Waals surface area (Å²) in [5, 5.41) is 0. The quantitative estimate of drug-likeness (QED) is 0.423. The number of nitrogens with zero attached hydrogens (tertiary/aromatic N) is 3. The maximum Gasteiger partial charge on any atom is 0.259 e. The van der Waals surface area contributed by atoms with Crippen molar-refractivity contribution >= 4 is 11.0 Å². The molecule has 2 aromatic heterocycles. The van der Waals surface area contributed by atoms with Gasteiger partial charge in [-0.15, -0.1) is 0 Å². The Labute approximate surface area is 181 Å². The predicted molar refractivity (Wildman–Crippen MR) is 115 cm³/mol. The fraction of sp³-hybridized carbons (Fsp3) is 0.120. The number of para-hydroxylation sites is 1. The summed E-state index contributed by atoms with van der Waals surface area (Å²) < 4.78 is 10.7. The lowest BCUT2D eigenvalue weighted by Gasteiger charge is -1.99. The number of aromatic nitrogens is 3. The first kappa shape index (κ1) is 19.9. The van der Waals surface area contributed by atoms with Crippen molar-refractivity contribution in [3.05, 3.63) is 90.9 Å². The smallest absolute Gasteiger partial charge is 0.259 e. The maximum absolute atomic E-state index is 6.07. The van der Waals surface area contributed by atoms with E-state index in [-0.39, 0.29) is 12.4 Å². The zero-order chi connectivity index (χ0) is 19.8. The third kappa shape index (κ3) is 3.29. The number of rotatable bonds is 4. The van der Waals surface area contributed by atoms with Crippen molar-refractivity contribution in [1.82, 2.24) is 9.55 Å². The molecule has 0 bridgehead atoms. The molecule has 4 nitrogen and oxygen atoms in total. The van der Waals surface area contributed by atoms with E-state index in [4.69, 9.17) is 4.42 Å². The molecule has 5 aromatic rings. The van der Waals surface area contributed by atoms with Gasteiger partial charge in [0.15, 0.2) is 16.8 Å². The monoisotopic (exact) mass is 415 g/mol. The van der Waals surface area contributed by atoms with Gasteiger partial charge in [-0.1, -0.05) is 48.5 Å². The van der Waals surface area contributed by atoms with Crippen LogP contribution in [0.4, 0.5) is 0 Å². The van der Waals surface area contributed by atoms with Gasteiger partial charge in [0.1, 0.15) is 5.69 Å². The Kier molecular flexibility index (Phi) is 5.42. The van der Waals surface area contributed by atoms with Gasteiger partial charge in [-0.3, -0.25) is 0 Å². The lowest BCUT2D eigenvalue weighted by atomic mass is 10.2. The lowest BCUT2D eigenvalue weighted by molar-refractivity contribution is -0.674.